The van der Waals surface area contributed by atoms with Crippen LogP contribution in [0.4, 0.5) is 0 Å². The molecule has 4 heteroatoms. The van der Waals surface area contributed by atoms with Gasteiger partial charge in [-0.3, -0.25) is 0 Å². The zero-order chi connectivity index (χ0) is 13.1. The standard InChI is InChI=1S/C14H21N3S/c1-10(2)16-8-14-7-13(11(3)18-14)9-17-6-5-15-12(17)4/h5-7,10,16H,8-9H2,1-4H3. The summed E-state index contributed by atoms with van der Waals surface area (Å²) < 4.78 is 2.19. The number of aromatic nitrogens is 2. The van der Waals surface area contributed by atoms with Crippen molar-refractivity contribution in [1.29, 1.82) is 0 Å². The summed E-state index contributed by atoms with van der Waals surface area (Å²) in [4.78, 5) is 7.08. The Balaban J connectivity index is 2.07. The number of hydrogen-bond acceptors (Lipinski definition) is 3. The van der Waals surface area contributed by atoms with Crippen LogP contribution in [-0.2, 0) is 13.1 Å². The van der Waals surface area contributed by atoms with Crippen molar-refractivity contribution >= 4 is 11.3 Å². The van der Waals surface area contributed by atoms with E-state index < -0.39 is 0 Å². The first kappa shape index (κ1) is 13.3. The summed E-state index contributed by atoms with van der Waals surface area (Å²) in [6, 6.07) is 2.85. The highest BCUT2D eigenvalue weighted by Crippen LogP contribution is 2.22. The summed E-state index contributed by atoms with van der Waals surface area (Å²) in [6.07, 6.45) is 3.90. The van der Waals surface area contributed by atoms with Crippen LogP contribution in [-0.4, -0.2) is 15.6 Å². The summed E-state index contributed by atoms with van der Waals surface area (Å²) in [5, 5.41) is 3.46. The molecule has 0 saturated heterocycles. The van der Waals surface area contributed by atoms with Gasteiger partial charge in [-0.15, -0.1) is 11.3 Å². The molecular formula is C14H21N3S. The lowest BCUT2D eigenvalue weighted by Gasteiger charge is -2.05. The maximum Gasteiger partial charge on any atom is 0.105 e. The molecule has 0 radical (unpaired) electrons. The van der Waals surface area contributed by atoms with Crippen molar-refractivity contribution < 1.29 is 0 Å². The summed E-state index contributed by atoms with van der Waals surface area (Å²) in [7, 11) is 0. The molecule has 2 rings (SSSR count). The van der Waals surface area contributed by atoms with E-state index in [0.717, 1.165) is 18.9 Å². The van der Waals surface area contributed by atoms with Gasteiger partial charge in [0, 0.05) is 41.3 Å². The van der Waals surface area contributed by atoms with Gasteiger partial charge in [-0.05, 0) is 25.5 Å². The van der Waals surface area contributed by atoms with E-state index in [0.29, 0.717) is 6.04 Å². The van der Waals surface area contributed by atoms with E-state index in [4.69, 9.17) is 0 Å². The average molecular weight is 263 g/mol. The highest BCUT2D eigenvalue weighted by molar-refractivity contribution is 7.12. The lowest BCUT2D eigenvalue weighted by Crippen LogP contribution is -2.21. The van der Waals surface area contributed by atoms with Gasteiger partial charge in [0.05, 0.1) is 0 Å². The maximum atomic E-state index is 4.26. The van der Waals surface area contributed by atoms with E-state index in [1.807, 2.05) is 30.7 Å². The van der Waals surface area contributed by atoms with Crippen molar-refractivity contribution in [2.24, 2.45) is 0 Å². The van der Waals surface area contributed by atoms with Crippen LogP contribution in [0.1, 0.15) is 35.0 Å². The molecule has 2 aromatic rings. The summed E-state index contributed by atoms with van der Waals surface area (Å²) in [6.45, 7) is 10.5. The number of rotatable bonds is 5. The molecule has 0 aliphatic heterocycles. The van der Waals surface area contributed by atoms with E-state index in [9.17, 15) is 0 Å². The van der Waals surface area contributed by atoms with Gasteiger partial charge < -0.3 is 9.88 Å². The van der Waals surface area contributed by atoms with Crippen molar-refractivity contribution in [3.63, 3.8) is 0 Å². The molecule has 18 heavy (non-hydrogen) atoms. The highest BCUT2D eigenvalue weighted by Gasteiger charge is 2.07. The molecule has 0 aliphatic carbocycles. The van der Waals surface area contributed by atoms with E-state index in [2.05, 4.69) is 41.7 Å². The topological polar surface area (TPSA) is 29.9 Å². The minimum absolute atomic E-state index is 0.534. The van der Waals surface area contributed by atoms with Crippen LogP contribution in [0.25, 0.3) is 0 Å². The Morgan fingerprint density at radius 3 is 2.78 bits per heavy atom. The molecule has 0 amide bonds. The monoisotopic (exact) mass is 263 g/mol. The van der Waals surface area contributed by atoms with Crippen LogP contribution in [0, 0.1) is 13.8 Å². The van der Waals surface area contributed by atoms with Gasteiger partial charge in [0.2, 0.25) is 0 Å². The first-order chi connectivity index (χ1) is 8.56. The van der Waals surface area contributed by atoms with Crippen LogP contribution < -0.4 is 5.32 Å². The second-order valence-corrected chi connectivity index (χ2v) is 6.27. The van der Waals surface area contributed by atoms with Gasteiger partial charge in [-0.25, -0.2) is 4.98 Å². The average Bonchev–Trinajstić information content (AvgIpc) is 2.85. The van der Waals surface area contributed by atoms with Crippen LogP contribution in [0.15, 0.2) is 18.5 Å². The quantitative estimate of drug-likeness (QED) is 0.898. The van der Waals surface area contributed by atoms with E-state index in [1.165, 1.54) is 15.3 Å². The molecule has 0 fully saturated rings. The smallest absolute Gasteiger partial charge is 0.105 e. The van der Waals surface area contributed by atoms with E-state index in [-0.39, 0.29) is 0 Å². The lowest BCUT2D eigenvalue weighted by atomic mass is 10.2. The van der Waals surface area contributed by atoms with Gasteiger partial charge in [-0.2, -0.15) is 0 Å². The van der Waals surface area contributed by atoms with Crippen molar-refractivity contribution in [2.75, 3.05) is 0 Å². The van der Waals surface area contributed by atoms with Gasteiger partial charge in [0.15, 0.2) is 0 Å². The molecule has 2 aromatic heterocycles. The fourth-order valence-corrected chi connectivity index (χ4v) is 2.90. The van der Waals surface area contributed by atoms with Crippen molar-refractivity contribution in [1.82, 2.24) is 14.9 Å². The second-order valence-electron chi connectivity index (χ2n) is 4.93. The van der Waals surface area contributed by atoms with Crippen molar-refractivity contribution in [2.45, 2.75) is 46.8 Å². The Labute approximate surface area is 113 Å². The van der Waals surface area contributed by atoms with E-state index >= 15 is 0 Å². The Kier molecular flexibility index (Phi) is 4.19. The number of aryl methyl sites for hydroxylation is 2. The van der Waals surface area contributed by atoms with Gasteiger partial charge in [0.1, 0.15) is 5.82 Å². The summed E-state index contributed by atoms with van der Waals surface area (Å²) >= 11 is 1.89. The molecule has 0 aliphatic rings. The minimum atomic E-state index is 0.534. The molecule has 0 spiro atoms. The fourth-order valence-electron chi connectivity index (χ4n) is 1.89. The lowest BCUT2D eigenvalue weighted by molar-refractivity contribution is 0.593. The highest BCUT2D eigenvalue weighted by atomic mass is 32.1. The third kappa shape index (κ3) is 3.21. The van der Waals surface area contributed by atoms with Crippen molar-refractivity contribution in [3.8, 4) is 0 Å². The number of nitrogens with zero attached hydrogens (tertiary/aromatic N) is 2. The molecule has 3 nitrogen and oxygen atoms in total. The Morgan fingerprint density at radius 2 is 2.17 bits per heavy atom. The van der Waals surface area contributed by atoms with Crippen LogP contribution in [0.3, 0.4) is 0 Å². The van der Waals surface area contributed by atoms with Crippen LogP contribution in [0.5, 0.6) is 0 Å². The van der Waals surface area contributed by atoms with Crippen molar-refractivity contribution in [3.05, 3.63) is 39.6 Å². The van der Waals surface area contributed by atoms with E-state index in [1.54, 1.807) is 0 Å². The molecule has 0 aromatic carbocycles. The zero-order valence-electron chi connectivity index (χ0n) is 11.5. The second kappa shape index (κ2) is 5.67. The Hall–Kier alpha value is -1.13. The Bertz CT molecular complexity index is 511. The molecule has 0 atom stereocenters. The molecule has 0 bridgehead atoms. The molecule has 2 heterocycles. The largest absolute Gasteiger partial charge is 0.331 e. The molecule has 1 N–H and O–H groups in total. The molecular weight excluding hydrogens is 242 g/mol. The first-order valence-electron chi connectivity index (χ1n) is 6.35. The number of thiophene rings is 1. The molecule has 0 unspecified atom stereocenters. The normalized spacial score (nSPS) is 11.4. The molecule has 0 saturated carbocycles. The minimum Gasteiger partial charge on any atom is -0.331 e. The number of hydrogen-bond donors (Lipinski definition) is 1. The van der Waals surface area contributed by atoms with Crippen LogP contribution in [0.2, 0.25) is 0 Å². The van der Waals surface area contributed by atoms with Gasteiger partial charge in [0.25, 0.3) is 0 Å². The predicted octanol–water partition coefficient (Wildman–Crippen LogP) is 3.11. The first-order valence-corrected chi connectivity index (χ1v) is 7.17. The third-order valence-electron chi connectivity index (χ3n) is 3.02. The predicted molar refractivity (Wildman–Crippen MR) is 77.1 cm³/mol. The molecule has 98 valence electrons. The van der Waals surface area contributed by atoms with Gasteiger partial charge in [-0.1, -0.05) is 13.8 Å². The summed E-state index contributed by atoms with van der Waals surface area (Å²) in [5.41, 5.74) is 1.40. The third-order valence-corrected chi connectivity index (χ3v) is 4.11. The van der Waals surface area contributed by atoms with Gasteiger partial charge >= 0.3 is 0 Å². The Morgan fingerprint density at radius 1 is 1.39 bits per heavy atom. The summed E-state index contributed by atoms with van der Waals surface area (Å²) in [5.74, 6) is 1.07. The number of imidazole rings is 1. The number of nitrogens with one attached hydrogen (secondary N) is 1. The zero-order valence-corrected chi connectivity index (χ0v) is 12.3. The SMILES string of the molecule is Cc1sc(CNC(C)C)cc1Cn1ccnc1C. The maximum absolute atomic E-state index is 4.26. The van der Waals surface area contributed by atoms with Crippen LogP contribution >= 0.6 is 11.3 Å². The fraction of sp³-hybridized carbons (Fsp3) is 0.500.